The highest BCUT2D eigenvalue weighted by Crippen LogP contribution is 2.24. The molecule has 2 aromatic heterocycles. The summed E-state index contributed by atoms with van der Waals surface area (Å²) in [4.78, 5) is 28.3. The van der Waals surface area contributed by atoms with Gasteiger partial charge >= 0.3 is 5.97 Å². The number of fused-ring (bicyclic) bond motifs is 1. The van der Waals surface area contributed by atoms with Gasteiger partial charge in [-0.1, -0.05) is 23.9 Å². The summed E-state index contributed by atoms with van der Waals surface area (Å²) in [6, 6.07) is 10.9. The number of thioether (sulfide) groups is 1. The Labute approximate surface area is 157 Å². The van der Waals surface area contributed by atoms with E-state index in [4.69, 9.17) is 14.4 Å². The lowest BCUT2D eigenvalue weighted by Gasteiger charge is -2.12. The number of esters is 1. The van der Waals surface area contributed by atoms with Gasteiger partial charge in [-0.05, 0) is 30.5 Å². The normalized spacial score (nSPS) is 11.7. The van der Waals surface area contributed by atoms with Crippen LogP contribution in [-0.2, 0) is 14.3 Å². The van der Waals surface area contributed by atoms with Crippen LogP contribution in [0.15, 0.2) is 45.4 Å². The molecule has 1 aromatic carbocycles. The molecule has 0 aliphatic rings. The van der Waals surface area contributed by atoms with E-state index in [0.717, 1.165) is 11.8 Å². The van der Waals surface area contributed by atoms with Crippen LogP contribution in [0.3, 0.4) is 0 Å². The fourth-order valence-electron chi connectivity index (χ4n) is 2.03. The van der Waals surface area contributed by atoms with Gasteiger partial charge in [0.05, 0.1) is 5.56 Å². The van der Waals surface area contributed by atoms with Gasteiger partial charge in [-0.15, -0.1) is 11.3 Å². The molecule has 0 saturated carbocycles. The quantitative estimate of drug-likeness (QED) is 0.510. The molecular weight excluding hydrogens is 374 g/mol. The molecule has 132 valence electrons. The van der Waals surface area contributed by atoms with Crippen LogP contribution in [-0.4, -0.2) is 28.7 Å². The first kappa shape index (κ1) is 18.0. The van der Waals surface area contributed by atoms with Gasteiger partial charge in [0.2, 0.25) is 0 Å². The maximum Gasteiger partial charge on any atom is 0.317 e. The number of nitrogens with one attached hydrogen (secondary N) is 1. The highest BCUT2D eigenvalue weighted by molar-refractivity contribution is 7.99. The van der Waals surface area contributed by atoms with E-state index in [1.54, 1.807) is 17.5 Å². The van der Waals surface area contributed by atoms with Crippen LogP contribution in [0, 0.1) is 11.3 Å². The number of benzene rings is 1. The van der Waals surface area contributed by atoms with E-state index in [0.29, 0.717) is 26.9 Å². The van der Waals surface area contributed by atoms with E-state index in [2.05, 4.69) is 10.3 Å². The average Bonchev–Trinajstić information content (AvgIpc) is 3.25. The van der Waals surface area contributed by atoms with Gasteiger partial charge in [-0.3, -0.25) is 9.59 Å². The van der Waals surface area contributed by atoms with Crippen molar-refractivity contribution in [2.75, 3.05) is 11.1 Å². The zero-order valence-corrected chi connectivity index (χ0v) is 15.2. The van der Waals surface area contributed by atoms with Gasteiger partial charge in [0.1, 0.15) is 22.3 Å². The van der Waals surface area contributed by atoms with Crippen LogP contribution < -0.4 is 5.32 Å². The summed E-state index contributed by atoms with van der Waals surface area (Å²) >= 11 is 2.32. The fraction of sp³-hybridized carbons (Fsp3) is 0.176. The van der Waals surface area contributed by atoms with E-state index in [1.165, 1.54) is 18.3 Å². The molecule has 0 spiro atoms. The number of carbonyl (C=O) groups excluding carboxylic acids is 2. The molecule has 0 saturated heterocycles. The molecule has 0 bridgehead atoms. The Hall–Kier alpha value is -2.83. The molecule has 0 aliphatic heterocycles. The van der Waals surface area contributed by atoms with E-state index < -0.39 is 18.0 Å². The Bertz CT molecular complexity index is 956. The number of para-hydroxylation sites is 2. The summed E-state index contributed by atoms with van der Waals surface area (Å²) in [5, 5.41) is 14.0. The Balaban J connectivity index is 1.50. The molecule has 2 heterocycles. The summed E-state index contributed by atoms with van der Waals surface area (Å²) in [7, 11) is 0. The molecular formula is C17H13N3O4S2. The van der Waals surface area contributed by atoms with Crippen LogP contribution in [0.2, 0.25) is 0 Å². The van der Waals surface area contributed by atoms with Crippen molar-refractivity contribution in [3.63, 3.8) is 0 Å². The monoisotopic (exact) mass is 387 g/mol. The summed E-state index contributed by atoms with van der Waals surface area (Å²) in [5.74, 6) is -1.09. The number of rotatable bonds is 6. The highest BCUT2D eigenvalue weighted by Gasteiger charge is 2.20. The van der Waals surface area contributed by atoms with Crippen molar-refractivity contribution in [1.29, 1.82) is 5.26 Å². The molecule has 26 heavy (non-hydrogen) atoms. The van der Waals surface area contributed by atoms with E-state index in [1.807, 2.05) is 24.3 Å². The number of thiophene rings is 1. The second kappa shape index (κ2) is 8.03. The van der Waals surface area contributed by atoms with Crippen LogP contribution in [0.25, 0.3) is 11.1 Å². The number of hydrogen-bond acceptors (Lipinski definition) is 8. The minimum Gasteiger partial charge on any atom is -0.452 e. The molecule has 7 nitrogen and oxygen atoms in total. The van der Waals surface area contributed by atoms with E-state index in [-0.39, 0.29) is 5.75 Å². The fourth-order valence-corrected chi connectivity index (χ4v) is 3.39. The van der Waals surface area contributed by atoms with Crippen molar-refractivity contribution in [3.05, 3.63) is 41.3 Å². The Morgan fingerprint density at radius 1 is 1.42 bits per heavy atom. The number of aromatic nitrogens is 1. The van der Waals surface area contributed by atoms with Gasteiger partial charge in [0, 0.05) is 0 Å². The third-order valence-corrected chi connectivity index (χ3v) is 4.92. The number of carbonyl (C=O) groups is 2. The zero-order valence-electron chi connectivity index (χ0n) is 13.6. The molecule has 0 fully saturated rings. The second-order valence-corrected chi connectivity index (χ2v) is 6.98. The third-order valence-electron chi connectivity index (χ3n) is 3.29. The number of amides is 1. The van der Waals surface area contributed by atoms with E-state index in [9.17, 15) is 9.59 Å². The van der Waals surface area contributed by atoms with Gasteiger partial charge in [-0.2, -0.15) is 5.26 Å². The Morgan fingerprint density at radius 2 is 2.23 bits per heavy atom. The molecule has 0 aliphatic carbocycles. The van der Waals surface area contributed by atoms with Crippen molar-refractivity contribution >= 4 is 51.1 Å². The smallest absolute Gasteiger partial charge is 0.317 e. The van der Waals surface area contributed by atoms with Gasteiger partial charge in [-0.25, -0.2) is 4.98 Å². The molecule has 9 heteroatoms. The van der Waals surface area contributed by atoms with Crippen LogP contribution in [0.4, 0.5) is 5.00 Å². The summed E-state index contributed by atoms with van der Waals surface area (Å²) in [6.07, 6.45) is -0.986. The van der Waals surface area contributed by atoms with E-state index >= 15 is 0 Å². The number of ether oxygens (including phenoxy) is 1. The first-order valence-electron chi connectivity index (χ1n) is 7.53. The summed E-state index contributed by atoms with van der Waals surface area (Å²) in [6.45, 7) is 1.47. The topological polar surface area (TPSA) is 105 Å². The van der Waals surface area contributed by atoms with Gasteiger partial charge < -0.3 is 14.5 Å². The van der Waals surface area contributed by atoms with Crippen molar-refractivity contribution in [2.45, 2.75) is 18.3 Å². The van der Waals surface area contributed by atoms with Gasteiger partial charge in [0.25, 0.3) is 11.1 Å². The number of anilines is 1. The second-order valence-electron chi connectivity index (χ2n) is 5.13. The van der Waals surface area contributed by atoms with Crippen molar-refractivity contribution < 1.29 is 18.7 Å². The molecule has 3 aromatic rings. The van der Waals surface area contributed by atoms with Crippen molar-refractivity contribution in [1.82, 2.24) is 4.98 Å². The number of nitrogens with zero attached hydrogens (tertiary/aromatic N) is 2. The lowest BCUT2D eigenvalue weighted by atomic mass is 10.3. The number of hydrogen-bond donors (Lipinski definition) is 1. The lowest BCUT2D eigenvalue weighted by Crippen LogP contribution is -2.30. The minimum absolute atomic E-state index is 0.0348. The Morgan fingerprint density at radius 3 is 3.00 bits per heavy atom. The summed E-state index contributed by atoms with van der Waals surface area (Å²) in [5.41, 5.74) is 1.72. The minimum atomic E-state index is -0.986. The maximum atomic E-state index is 12.1. The highest BCUT2D eigenvalue weighted by atomic mass is 32.2. The van der Waals surface area contributed by atoms with Crippen LogP contribution in [0.5, 0.6) is 0 Å². The standard InChI is InChI=1S/C17H13N3O4S2/c1-10(15(22)20-16-11(8-18)6-7-25-16)23-14(21)9-26-17-19-12-4-2-3-5-13(12)24-17/h2-7,10H,9H2,1H3,(H,20,22)/t10-/m0/s1. The number of oxazole rings is 1. The predicted octanol–water partition coefficient (Wildman–Crippen LogP) is 3.42. The predicted molar refractivity (Wildman–Crippen MR) is 98.0 cm³/mol. The zero-order chi connectivity index (χ0) is 18.5. The molecule has 0 unspecified atom stereocenters. The molecule has 1 amide bonds. The number of nitriles is 1. The lowest BCUT2D eigenvalue weighted by molar-refractivity contribution is -0.150. The van der Waals surface area contributed by atoms with Gasteiger partial charge in [0.15, 0.2) is 11.7 Å². The van der Waals surface area contributed by atoms with Crippen LogP contribution in [0.1, 0.15) is 12.5 Å². The molecule has 3 rings (SSSR count). The largest absolute Gasteiger partial charge is 0.452 e. The maximum absolute atomic E-state index is 12.1. The average molecular weight is 387 g/mol. The van der Waals surface area contributed by atoms with Crippen LogP contribution >= 0.6 is 23.1 Å². The molecule has 0 radical (unpaired) electrons. The first-order valence-corrected chi connectivity index (χ1v) is 9.39. The van der Waals surface area contributed by atoms with Crippen molar-refractivity contribution in [3.8, 4) is 6.07 Å². The summed E-state index contributed by atoms with van der Waals surface area (Å²) < 4.78 is 10.6. The first-order chi connectivity index (χ1) is 12.6. The van der Waals surface area contributed by atoms with Crippen molar-refractivity contribution in [2.24, 2.45) is 0 Å². The third kappa shape index (κ3) is 4.22. The SMILES string of the molecule is C[C@H](OC(=O)CSc1nc2ccccc2o1)C(=O)Nc1sccc1C#N. The molecule has 1 N–H and O–H groups in total. The Kier molecular flexibility index (Phi) is 5.55. The molecule has 1 atom stereocenters.